The highest BCUT2D eigenvalue weighted by Gasteiger charge is 2.15. The van der Waals surface area contributed by atoms with Crippen LogP contribution in [0.2, 0.25) is 0 Å². The van der Waals surface area contributed by atoms with Crippen molar-refractivity contribution in [1.29, 1.82) is 0 Å². The fraction of sp³-hybridized carbons (Fsp3) is 0.200. The molecular formula is C15H17N3O. The first-order chi connectivity index (χ1) is 9.08. The quantitative estimate of drug-likeness (QED) is 0.915. The Morgan fingerprint density at radius 2 is 2.00 bits per heavy atom. The monoisotopic (exact) mass is 255 g/mol. The molecule has 0 fully saturated rings. The lowest BCUT2D eigenvalue weighted by atomic mass is 10.1. The highest BCUT2D eigenvalue weighted by molar-refractivity contribution is 5.95. The molecule has 0 bridgehead atoms. The zero-order chi connectivity index (χ0) is 13.8. The Hall–Kier alpha value is -2.36. The lowest BCUT2D eigenvalue weighted by molar-refractivity contribution is 0.0784. The van der Waals surface area contributed by atoms with Crippen LogP contribution < -0.4 is 5.73 Å². The van der Waals surface area contributed by atoms with Crippen molar-refractivity contribution >= 4 is 11.6 Å². The minimum Gasteiger partial charge on any atom is -0.397 e. The van der Waals surface area contributed by atoms with Gasteiger partial charge in [0.2, 0.25) is 0 Å². The summed E-state index contributed by atoms with van der Waals surface area (Å²) in [6.45, 7) is 2.37. The second-order valence-corrected chi connectivity index (χ2v) is 4.55. The highest BCUT2D eigenvalue weighted by Crippen LogP contribution is 2.13. The molecule has 0 unspecified atom stereocenters. The normalized spacial score (nSPS) is 10.2. The summed E-state index contributed by atoms with van der Waals surface area (Å²) in [5.41, 5.74) is 8.53. The number of amides is 1. The van der Waals surface area contributed by atoms with Gasteiger partial charge in [-0.3, -0.25) is 9.78 Å². The Morgan fingerprint density at radius 3 is 2.68 bits per heavy atom. The molecule has 1 amide bonds. The second-order valence-electron chi connectivity index (χ2n) is 4.55. The number of aromatic nitrogens is 1. The van der Waals surface area contributed by atoms with E-state index in [2.05, 4.69) is 4.98 Å². The van der Waals surface area contributed by atoms with E-state index in [0.29, 0.717) is 23.5 Å². The second kappa shape index (κ2) is 5.52. The van der Waals surface area contributed by atoms with Crippen molar-refractivity contribution in [2.75, 3.05) is 12.8 Å². The van der Waals surface area contributed by atoms with Crippen molar-refractivity contribution in [3.8, 4) is 0 Å². The largest absolute Gasteiger partial charge is 0.397 e. The molecule has 2 aromatic rings. The summed E-state index contributed by atoms with van der Waals surface area (Å²) in [7, 11) is 1.78. The van der Waals surface area contributed by atoms with E-state index in [0.717, 1.165) is 5.56 Å². The van der Waals surface area contributed by atoms with Crippen molar-refractivity contribution in [3.63, 3.8) is 0 Å². The first-order valence-corrected chi connectivity index (χ1v) is 6.09. The minimum absolute atomic E-state index is 0.0684. The predicted molar refractivity (Wildman–Crippen MR) is 75.6 cm³/mol. The number of nitrogen functional groups attached to an aromatic ring is 1. The molecule has 1 aromatic carbocycles. The fourth-order valence-corrected chi connectivity index (χ4v) is 1.90. The van der Waals surface area contributed by atoms with E-state index < -0.39 is 0 Å². The van der Waals surface area contributed by atoms with Crippen LogP contribution >= 0.6 is 0 Å². The number of hydrogen-bond donors (Lipinski definition) is 1. The van der Waals surface area contributed by atoms with Gasteiger partial charge in [0.1, 0.15) is 0 Å². The van der Waals surface area contributed by atoms with Gasteiger partial charge >= 0.3 is 0 Å². The third-order valence-corrected chi connectivity index (χ3v) is 2.95. The molecule has 4 heteroatoms. The van der Waals surface area contributed by atoms with Crippen molar-refractivity contribution in [3.05, 3.63) is 59.4 Å². The van der Waals surface area contributed by atoms with Crippen LogP contribution in [-0.4, -0.2) is 22.8 Å². The van der Waals surface area contributed by atoms with Crippen molar-refractivity contribution in [2.24, 2.45) is 0 Å². The van der Waals surface area contributed by atoms with Gasteiger partial charge in [0.05, 0.1) is 23.1 Å². The van der Waals surface area contributed by atoms with Crippen molar-refractivity contribution < 1.29 is 4.79 Å². The zero-order valence-corrected chi connectivity index (χ0v) is 11.1. The summed E-state index contributed by atoms with van der Waals surface area (Å²) >= 11 is 0. The smallest absolute Gasteiger partial charge is 0.255 e. The van der Waals surface area contributed by atoms with Gasteiger partial charge in [0.15, 0.2) is 0 Å². The summed E-state index contributed by atoms with van der Waals surface area (Å²) < 4.78 is 0. The maximum absolute atomic E-state index is 12.4. The standard InChI is InChI=1S/C15H17N3O/c1-11-14(8-13(16)9-17-11)15(19)18(2)10-12-6-4-3-5-7-12/h3-9H,10,16H2,1-2H3. The van der Waals surface area contributed by atoms with Crippen molar-refractivity contribution in [2.45, 2.75) is 13.5 Å². The topological polar surface area (TPSA) is 59.2 Å². The number of anilines is 1. The summed E-state index contributed by atoms with van der Waals surface area (Å²) in [5, 5.41) is 0. The molecule has 0 saturated carbocycles. The lowest BCUT2D eigenvalue weighted by Gasteiger charge is -2.18. The number of rotatable bonds is 3. The molecule has 0 aliphatic heterocycles. The average Bonchev–Trinajstić information content (AvgIpc) is 2.42. The SMILES string of the molecule is Cc1ncc(N)cc1C(=O)N(C)Cc1ccccc1. The summed E-state index contributed by atoms with van der Waals surface area (Å²) in [5.74, 6) is -0.0684. The predicted octanol–water partition coefficient (Wildman–Crippen LogP) is 2.24. The summed E-state index contributed by atoms with van der Waals surface area (Å²) in [6, 6.07) is 11.5. The van der Waals surface area contributed by atoms with Crippen LogP contribution in [0, 0.1) is 6.92 Å². The molecule has 1 aromatic heterocycles. The number of carbonyl (C=O) groups is 1. The lowest BCUT2D eigenvalue weighted by Crippen LogP contribution is -2.27. The van der Waals surface area contributed by atoms with E-state index in [9.17, 15) is 4.79 Å². The third kappa shape index (κ3) is 3.10. The van der Waals surface area contributed by atoms with Crippen molar-refractivity contribution in [1.82, 2.24) is 9.88 Å². The Labute approximate surface area is 112 Å². The number of carbonyl (C=O) groups excluding carboxylic acids is 1. The number of nitrogens with two attached hydrogens (primary N) is 1. The number of nitrogens with zero attached hydrogens (tertiary/aromatic N) is 2. The Kier molecular flexibility index (Phi) is 3.80. The van der Waals surface area contributed by atoms with Crippen LogP contribution in [0.3, 0.4) is 0 Å². The molecule has 0 spiro atoms. The first-order valence-electron chi connectivity index (χ1n) is 6.09. The number of aryl methyl sites for hydroxylation is 1. The van der Waals surface area contributed by atoms with Gasteiger partial charge < -0.3 is 10.6 Å². The minimum atomic E-state index is -0.0684. The molecule has 2 N–H and O–H groups in total. The van der Waals surface area contributed by atoms with Gasteiger partial charge in [-0.1, -0.05) is 30.3 Å². The van der Waals surface area contributed by atoms with Gasteiger partial charge in [-0.25, -0.2) is 0 Å². The fourth-order valence-electron chi connectivity index (χ4n) is 1.90. The van der Waals surface area contributed by atoms with E-state index in [1.807, 2.05) is 37.3 Å². The third-order valence-electron chi connectivity index (χ3n) is 2.95. The maximum atomic E-state index is 12.4. The van der Waals surface area contributed by atoms with E-state index in [-0.39, 0.29) is 5.91 Å². The molecule has 0 atom stereocenters. The van der Waals surface area contributed by atoms with Crippen LogP contribution in [0.1, 0.15) is 21.6 Å². The van der Waals surface area contributed by atoms with E-state index >= 15 is 0 Å². The van der Waals surface area contributed by atoms with Crippen LogP contribution in [0.4, 0.5) is 5.69 Å². The maximum Gasteiger partial charge on any atom is 0.255 e. The molecule has 19 heavy (non-hydrogen) atoms. The van der Waals surface area contributed by atoms with Gasteiger partial charge in [0.25, 0.3) is 5.91 Å². The zero-order valence-electron chi connectivity index (χ0n) is 11.1. The first kappa shape index (κ1) is 13.1. The van der Waals surface area contributed by atoms with Crippen LogP contribution in [0.15, 0.2) is 42.6 Å². The number of pyridine rings is 1. The van der Waals surface area contributed by atoms with Crippen LogP contribution in [0.5, 0.6) is 0 Å². The number of hydrogen-bond acceptors (Lipinski definition) is 3. The van der Waals surface area contributed by atoms with Gasteiger partial charge in [-0.05, 0) is 18.6 Å². The number of benzene rings is 1. The Balaban J connectivity index is 2.17. The molecule has 98 valence electrons. The van der Waals surface area contributed by atoms with E-state index in [1.54, 1.807) is 24.2 Å². The molecule has 0 saturated heterocycles. The van der Waals surface area contributed by atoms with E-state index in [1.165, 1.54) is 0 Å². The van der Waals surface area contributed by atoms with Gasteiger partial charge in [0, 0.05) is 13.6 Å². The molecule has 0 aliphatic carbocycles. The van der Waals surface area contributed by atoms with Crippen LogP contribution in [-0.2, 0) is 6.54 Å². The molecule has 0 radical (unpaired) electrons. The Bertz CT molecular complexity index is 581. The van der Waals surface area contributed by atoms with Crippen LogP contribution in [0.25, 0.3) is 0 Å². The van der Waals surface area contributed by atoms with Gasteiger partial charge in [-0.15, -0.1) is 0 Å². The molecule has 2 rings (SSSR count). The van der Waals surface area contributed by atoms with Gasteiger partial charge in [-0.2, -0.15) is 0 Å². The van der Waals surface area contributed by atoms with E-state index in [4.69, 9.17) is 5.73 Å². The molecule has 0 aliphatic rings. The summed E-state index contributed by atoms with van der Waals surface area (Å²) in [6.07, 6.45) is 1.56. The molecular weight excluding hydrogens is 238 g/mol. The molecule has 1 heterocycles. The Morgan fingerprint density at radius 1 is 1.32 bits per heavy atom. The average molecular weight is 255 g/mol. The molecule has 4 nitrogen and oxygen atoms in total. The highest BCUT2D eigenvalue weighted by atomic mass is 16.2. The summed E-state index contributed by atoms with van der Waals surface area (Å²) in [4.78, 5) is 18.1.